The van der Waals surface area contributed by atoms with Gasteiger partial charge >= 0.3 is 0 Å². The van der Waals surface area contributed by atoms with Crippen molar-refractivity contribution in [1.29, 1.82) is 0 Å². The standard InChI is InChI=1S/C13H24N4O/c1-4-8-18-12-9-11(3)16-13(17-12)15-7-5-6-10(2)14/h9-10H,4-8,14H2,1-3H3,(H,15,16,17). The zero-order valence-electron chi connectivity index (χ0n) is 11.6. The van der Waals surface area contributed by atoms with Crippen LogP contribution in [0.2, 0.25) is 0 Å². The number of nitrogens with zero attached hydrogens (tertiary/aromatic N) is 2. The van der Waals surface area contributed by atoms with Crippen molar-refractivity contribution in [2.75, 3.05) is 18.5 Å². The summed E-state index contributed by atoms with van der Waals surface area (Å²) in [4.78, 5) is 8.64. The van der Waals surface area contributed by atoms with Gasteiger partial charge in [-0.25, -0.2) is 4.98 Å². The minimum absolute atomic E-state index is 0.244. The summed E-state index contributed by atoms with van der Waals surface area (Å²) in [5.41, 5.74) is 6.60. The molecule has 0 amide bonds. The lowest BCUT2D eigenvalue weighted by atomic mass is 10.2. The van der Waals surface area contributed by atoms with Crippen LogP contribution >= 0.6 is 0 Å². The van der Waals surface area contributed by atoms with Crippen LogP contribution in [0.5, 0.6) is 5.88 Å². The molecule has 0 aliphatic rings. The van der Waals surface area contributed by atoms with Gasteiger partial charge < -0.3 is 15.8 Å². The summed E-state index contributed by atoms with van der Waals surface area (Å²) >= 11 is 0. The average Bonchev–Trinajstić information content (AvgIpc) is 2.31. The van der Waals surface area contributed by atoms with Crippen molar-refractivity contribution in [2.45, 2.75) is 46.1 Å². The van der Waals surface area contributed by atoms with E-state index in [4.69, 9.17) is 10.5 Å². The van der Waals surface area contributed by atoms with Crippen molar-refractivity contribution in [3.05, 3.63) is 11.8 Å². The Morgan fingerprint density at radius 3 is 2.89 bits per heavy atom. The molecule has 0 saturated carbocycles. The Bertz CT molecular complexity index is 355. The van der Waals surface area contributed by atoms with Gasteiger partial charge in [0, 0.05) is 24.3 Å². The molecule has 5 nitrogen and oxygen atoms in total. The Hall–Kier alpha value is -1.36. The third-order valence-corrected chi connectivity index (χ3v) is 2.40. The lowest BCUT2D eigenvalue weighted by Crippen LogP contribution is -2.16. The van der Waals surface area contributed by atoms with E-state index in [-0.39, 0.29) is 6.04 Å². The molecule has 0 aromatic carbocycles. The average molecular weight is 252 g/mol. The van der Waals surface area contributed by atoms with Crippen molar-refractivity contribution in [3.63, 3.8) is 0 Å². The second-order valence-electron chi connectivity index (χ2n) is 4.57. The summed E-state index contributed by atoms with van der Waals surface area (Å²) in [6.07, 6.45) is 2.98. The van der Waals surface area contributed by atoms with E-state index >= 15 is 0 Å². The number of aromatic nitrogens is 2. The van der Waals surface area contributed by atoms with Crippen LogP contribution in [0, 0.1) is 6.92 Å². The van der Waals surface area contributed by atoms with Gasteiger partial charge in [-0.1, -0.05) is 6.92 Å². The summed E-state index contributed by atoms with van der Waals surface area (Å²) in [6, 6.07) is 2.09. The highest BCUT2D eigenvalue weighted by Crippen LogP contribution is 2.12. The number of anilines is 1. The monoisotopic (exact) mass is 252 g/mol. The van der Waals surface area contributed by atoms with Crippen molar-refractivity contribution >= 4 is 5.95 Å². The van der Waals surface area contributed by atoms with E-state index in [1.807, 2.05) is 19.9 Å². The van der Waals surface area contributed by atoms with Gasteiger partial charge in [0.2, 0.25) is 11.8 Å². The highest BCUT2D eigenvalue weighted by molar-refractivity contribution is 5.30. The summed E-state index contributed by atoms with van der Waals surface area (Å²) in [5, 5.41) is 3.20. The second kappa shape index (κ2) is 7.87. The molecule has 0 radical (unpaired) electrons. The highest BCUT2D eigenvalue weighted by atomic mass is 16.5. The molecule has 1 aromatic heterocycles. The van der Waals surface area contributed by atoms with E-state index in [2.05, 4.69) is 22.2 Å². The number of hydrogen-bond donors (Lipinski definition) is 2. The molecule has 0 aliphatic carbocycles. The van der Waals surface area contributed by atoms with Gasteiger partial charge in [-0.05, 0) is 33.1 Å². The maximum atomic E-state index is 5.70. The maximum Gasteiger partial charge on any atom is 0.226 e. The predicted octanol–water partition coefficient (Wildman–Crippen LogP) is 2.11. The lowest BCUT2D eigenvalue weighted by molar-refractivity contribution is 0.305. The molecular formula is C13H24N4O. The normalized spacial score (nSPS) is 12.2. The van der Waals surface area contributed by atoms with Crippen LogP contribution < -0.4 is 15.8 Å². The smallest absolute Gasteiger partial charge is 0.226 e. The molecule has 1 atom stereocenters. The van der Waals surface area contributed by atoms with Crippen LogP contribution in [-0.4, -0.2) is 29.2 Å². The summed E-state index contributed by atoms with van der Waals surface area (Å²) < 4.78 is 5.51. The van der Waals surface area contributed by atoms with Gasteiger partial charge in [0.05, 0.1) is 6.61 Å². The molecule has 0 spiro atoms. The van der Waals surface area contributed by atoms with Crippen LogP contribution in [0.15, 0.2) is 6.07 Å². The van der Waals surface area contributed by atoms with Gasteiger partial charge in [0.15, 0.2) is 0 Å². The van der Waals surface area contributed by atoms with Gasteiger partial charge in [0.1, 0.15) is 0 Å². The fourth-order valence-corrected chi connectivity index (χ4v) is 1.52. The van der Waals surface area contributed by atoms with E-state index < -0.39 is 0 Å². The van der Waals surface area contributed by atoms with Gasteiger partial charge in [-0.2, -0.15) is 4.98 Å². The number of rotatable bonds is 8. The van der Waals surface area contributed by atoms with E-state index in [1.54, 1.807) is 0 Å². The Morgan fingerprint density at radius 2 is 2.22 bits per heavy atom. The van der Waals surface area contributed by atoms with Crippen LogP contribution in [0.25, 0.3) is 0 Å². The van der Waals surface area contributed by atoms with Crippen molar-refractivity contribution in [2.24, 2.45) is 5.73 Å². The first-order valence-corrected chi connectivity index (χ1v) is 6.59. The van der Waals surface area contributed by atoms with Crippen LogP contribution in [0.3, 0.4) is 0 Å². The van der Waals surface area contributed by atoms with Crippen LogP contribution in [-0.2, 0) is 0 Å². The first kappa shape index (κ1) is 14.7. The first-order chi connectivity index (χ1) is 8.61. The Labute approximate surface area is 109 Å². The predicted molar refractivity (Wildman–Crippen MR) is 73.9 cm³/mol. The van der Waals surface area contributed by atoms with E-state index in [9.17, 15) is 0 Å². The van der Waals surface area contributed by atoms with Crippen LogP contribution in [0.4, 0.5) is 5.95 Å². The molecule has 0 saturated heterocycles. The first-order valence-electron chi connectivity index (χ1n) is 6.59. The highest BCUT2D eigenvalue weighted by Gasteiger charge is 2.03. The molecule has 1 rings (SSSR count). The van der Waals surface area contributed by atoms with E-state index in [0.717, 1.165) is 31.5 Å². The SMILES string of the molecule is CCCOc1cc(C)nc(NCCCC(C)N)n1. The summed E-state index contributed by atoms with van der Waals surface area (Å²) in [5.74, 6) is 1.27. The van der Waals surface area contributed by atoms with Crippen molar-refractivity contribution in [1.82, 2.24) is 9.97 Å². The summed E-state index contributed by atoms with van der Waals surface area (Å²) in [7, 11) is 0. The van der Waals surface area contributed by atoms with Crippen molar-refractivity contribution < 1.29 is 4.74 Å². The Kier molecular flexibility index (Phi) is 6.43. The molecule has 5 heteroatoms. The number of nitrogens with two attached hydrogens (primary N) is 1. The fraction of sp³-hybridized carbons (Fsp3) is 0.692. The van der Waals surface area contributed by atoms with Gasteiger partial charge in [0.25, 0.3) is 0 Å². The minimum Gasteiger partial charge on any atom is -0.478 e. The van der Waals surface area contributed by atoms with E-state index in [1.165, 1.54) is 0 Å². The van der Waals surface area contributed by atoms with E-state index in [0.29, 0.717) is 18.4 Å². The summed E-state index contributed by atoms with van der Waals surface area (Å²) in [6.45, 7) is 7.54. The molecular weight excluding hydrogens is 228 g/mol. The fourth-order valence-electron chi connectivity index (χ4n) is 1.52. The quantitative estimate of drug-likeness (QED) is 0.693. The molecule has 1 heterocycles. The number of nitrogens with one attached hydrogen (secondary N) is 1. The molecule has 3 N–H and O–H groups in total. The zero-order valence-corrected chi connectivity index (χ0v) is 11.6. The Morgan fingerprint density at radius 1 is 1.44 bits per heavy atom. The Balaban J connectivity index is 2.46. The van der Waals surface area contributed by atoms with Crippen molar-refractivity contribution in [3.8, 4) is 5.88 Å². The zero-order chi connectivity index (χ0) is 13.4. The minimum atomic E-state index is 0.244. The molecule has 1 unspecified atom stereocenters. The number of ether oxygens (including phenoxy) is 1. The molecule has 1 aromatic rings. The molecule has 18 heavy (non-hydrogen) atoms. The maximum absolute atomic E-state index is 5.70. The molecule has 0 bridgehead atoms. The molecule has 0 fully saturated rings. The third kappa shape index (κ3) is 5.82. The van der Waals surface area contributed by atoms with Crippen LogP contribution in [0.1, 0.15) is 38.8 Å². The second-order valence-corrected chi connectivity index (χ2v) is 4.57. The number of aryl methyl sites for hydroxylation is 1. The molecule has 0 aliphatic heterocycles. The molecule has 102 valence electrons. The largest absolute Gasteiger partial charge is 0.478 e. The number of hydrogen-bond acceptors (Lipinski definition) is 5. The third-order valence-electron chi connectivity index (χ3n) is 2.40. The van der Waals surface area contributed by atoms with Gasteiger partial charge in [-0.3, -0.25) is 0 Å². The lowest BCUT2D eigenvalue weighted by Gasteiger charge is -2.09. The topological polar surface area (TPSA) is 73.1 Å². The van der Waals surface area contributed by atoms with Gasteiger partial charge in [-0.15, -0.1) is 0 Å².